The second-order valence-corrected chi connectivity index (χ2v) is 2.76. The average molecular weight is 231 g/mol. The van der Waals surface area contributed by atoms with Gasteiger partial charge >= 0.3 is 5.97 Å². The zero-order chi connectivity index (χ0) is 10.4. The Bertz CT molecular complexity index is 293. The minimum Gasteiger partial charge on any atom is -0.465 e. The molecule has 1 atom stereocenters. The highest BCUT2D eigenvalue weighted by Gasteiger charge is 2.19. The summed E-state index contributed by atoms with van der Waals surface area (Å²) in [6.07, 6.45) is 0. The van der Waals surface area contributed by atoms with E-state index in [1.807, 2.05) is 30.3 Å². The maximum absolute atomic E-state index is 11.4. The molecule has 4 nitrogen and oxygen atoms in total. The minimum atomic E-state index is -0.587. The Morgan fingerprint density at radius 2 is 2.07 bits per heavy atom. The van der Waals surface area contributed by atoms with Crippen molar-refractivity contribution in [2.75, 3.05) is 6.61 Å². The Labute approximate surface area is 95.2 Å². The van der Waals surface area contributed by atoms with Gasteiger partial charge in [-0.15, -0.1) is 12.4 Å². The van der Waals surface area contributed by atoms with Crippen LogP contribution in [-0.4, -0.2) is 12.6 Å². The van der Waals surface area contributed by atoms with Crippen molar-refractivity contribution >= 4 is 18.4 Å². The van der Waals surface area contributed by atoms with E-state index >= 15 is 0 Å². The van der Waals surface area contributed by atoms with Crippen LogP contribution in [0.3, 0.4) is 0 Å². The summed E-state index contributed by atoms with van der Waals surface area (Å²) < 4.78 is 4.87. The third-order valence-electron chi connectivity index (χ3n) is 1.82. The van der Waals surface area contributed by atoms with E-state index in [0.29, 0.717) is 6.61 Å². The summed E-state index contributed by atoms with van der Waals surface area (Å²) in [5, 5.41) is 0. The average Bonchev–Trinajstić information content (AvgIpc) is 2.21. The van der Waals surface area contributed by atoms with Crippen LogP contribution in [0.15, 0.2) is 30.3 Å². The van der Waals surface area contributed by atoms with E-state index < -0.39 is 6.04 Å². The number of hydrogen-bond acceptors (Lipinski definition) is 4. The molecule has 1 aromatic carbocycles. The van der Waals surface area contributed by atoms with Crippen LogP contribution in [0.2, 0.25) is 0 Å². The number of carbonyl (C=O) groups is 1. The van der Waals surface area contributed by atoms with Crippen molar-refractivity contribution in [3.05, 3.63) is 35.9 Å². The lowest BCUT2D eigenvalue weighted by molar-refractivity contribution is -0.145. The fourth-order valence-electron chi connectivity index (χ4n) is 1.17. The first-order chi connectivity index (χ1) is 6.79. The second kappa shape index (κ2) is 7.23. The monoisotopic (exact) mass is 230 g/mol. The molecule has 0 spiro atoms. The number of carbonyl (C=O) groups excluding carboxylic acids is 1. The fourth-order valence-corrected chi connectivity index (χ4v) is 1.17. The molecule has 0 fully saturated rings. The largest absolute Gasteiger partial charge is 0.465 e. The van der Waals surface area contributed by atoms with Crippen LogP contribution in [0.25, 0.3) is 0 Å². The molecule has 0 aliphatic carbocycles. The van der Waals surface area contributed by atoms with Crippen LogP contribution in [0.1, 0.15) is 18.5 Å². The Balaban J connectivity index is 0.00000196. The van der Waals surface area contributed by atoms with E-state index in [2.05, 4.69) is 5.43 Å². The van der Waals surface area contributed by atoms with Gasteiger partial charge in [0.2, 0.25) is 0 Å². The van der Waals surface area contributed by atoms with Crippen LogP contribution in [0.5, 0.6) is 0 Å². The minimum absolute atomic E-state index is 0. The number of nitrogens with one attached hydrogen (secondary N) is 1. The van der Waals surface area contributed by atoms with Crippen molar-refractivity contribution in [3.63, 3.8) is 0 Å². The van der Waals surface area contributed by atoms with Gasteiger partial charge in [0.1, 0.15) is 6.04 Å². The standard InChI is InChI=1S/C10H14N2O2.ClH/c1-2-14-10(13)9(12-11)8-6-4-3-5-7-8;/h3-7,9,12H,2,11H2,1H3;1H/t9-;/m1./s1. The van der Waals surface area contributed by atoms with Gasteiger partial charge < -0.3 is 4.74 Å². The normalized spacial score (nSPS) is 11.3. The van der Waals surface area contributed by atoms with Crippen molar-refractivity contribution in [1.29, 1.82) is 0 Å². The van der Waals surface area contributed by atoms with Crippen LogP contribution in [-0.2, 0) is 9.53 Å². The molecule has 0 bridgehead atoms. The van der Waals surface area contributed by atoms with Gasteiger partial charge in [0.05, 0.1) is 6.61 Å². The van der Waals surface area contributed by atoms with Gasteiger partial charge in [-0.2, -0.15) is 0 Å². The van der Waals surface area contributed by atoms with Crippen molar-refractivity contribution in [3.8, 4) is 0 Å². The molecule has 0 radical (unpaired) electrons. The molecular weight excluding hydrogens is 216 g/mol. The molecule has 0 heterocycles. The molecule has 0 saturated heterocycles. The summed E-state index contributed by atoms with van der Waals surface area (Å²) in [7, 11) is 0. The first kappa shape index (κ1) is 13.9. The highest BCUT2D eigenvalue weighted by Crippen LogP contribution is 2.12. The van der Waals surface area contributed by atoms with Crippen LogP contribution >= 0.6 is 12.4 Å². The quantitative estimate of drug-likeness (QED) is 0.463. The highest BCUT2D eigenvalue weighted by atomic mass is 35.5. The molecular formula is C10H15ClN2O2. The van der Waals surface area contributed by atoms with Gasteiger partial charge in [-0.1, -0.05) is 30.3 Å². The number of halogens is 1. The lowest BCUT2D eigenvalue weighted by Crippen LogP contribution is -2.35. The molecule has 3 N–H and O–H groups in total. The molecule has 1 aromatic rings. The summed E-state index contributed by atoms with van der Waals surface area (Å²) in [5.41, 5.74) is 3.23. The molecule has 0 saturated carbocycles. The van der Waals surface area contributed by atoms with Gasteiger partial charge in [0.25, 0.3) is 0 Å². The van der Waals surface area contributed by atoms with Crippen LogP contribution < -0.4 is 11.3 Å². The van der Waals surface area contributed by atoms with E-state index in [1.54, 1.807) is 6.92 Å². The number of nitrogens with two attached hydrogens (primary N) is 1. The first-order valence-electron chi connectivity index (χ1n) is 4.47. The summed E-state index contributed by atoms with van der Waals surface area (Å²) >= 11 is 0. The van der Waals surface area contributed by atoms with E-state index in [4.69, 9.17) is 10.6 Å². The Morgan fingerprint density at radius 1 is 1.47 bits per heavy atom. The predicted octanol–water partition coefficient (Wildman–Crippen LogP) is 1.18. The second-order valence-electron chi connectivity index (χ2n) is 2.76. The molecule has 5 heteroatoms. The fraction of sp³-hybridized carbons (Fsp3) is 0.300. The van der Waals surface area contributed by atoms with Crippen molar-refractivity contribution < 1.29 is 9.53 Å². The lowest BCUT2D eigenvalue weighted by Gasteiger charge is -2.14. The van der Waals surface area contributed by atoms with Gasteiger partial charge in [-0.25, -0.2) is 10.2 Å². The van der Waals surface area contributed by atoms with E-state index in [9.17, 15) is 4.79 Å². The number of hydrogen-bond donors (Lipinski definition) is 2. The van der Waals surface area contributed by atoms with Gasteiger partial charge in [-0.3, -0.25) is 5.84 Å². The summed E-state index contributed by atoms with van der Waals surface area (Å²) in [5.74, 6) is 4.93. The lowest BCUT2D eigenvalue weighted by atomic mass is 10.1. The van der Waals surface area contributed by atoms with Gasteiger partial charge in [-0.05, 0) is 12.5 Å². The van der Waals surface area contributed by atoms with Crippen molar-refractivity contribution in [1.82, 2.24) is 5.43 Å². The molecule has 0 aliphatic heterocycles. The highest BCUT2D eigenvalue weighted by molar-refractivity contribution is 5.85. The topological polar surface area (TPSA) is 64.3 Å². The number of esters is 1. The van der Waals surface area contributed by atoms with Gasteiger partial charge in [0, 0.05) is 0 Å². The molecule has 15 heavy (non-hydrogen) atoms. The first-order valence-corrected chi connectivity index (χ1v) is 4.47. The van der Waals surface area contributed by atoms with E-state index in [-0.39, 0.29) is 18.4 Å². The Kier molecular flexibility index (Phi) is 6.70. The smallest absolute Gasteiger partial charge is 0.329 e. The molecule has 0 aromatic heterocycles. The molecule has 0 aliphatic rings. The number of benzene rings is 1. The van der Waals surface area contributed by atoms with E-state index in [0.717, 1.165) is 5.56 Å². The molecule has 84 valence electrons. The molecule has 0 unspecified atom stereocenters. The zero-order valence-electron chi connectivity index (χ0n) is 8.47. The number of rotatable bonds is 4. The van der Waals surface area contributed by atoms with Gasteiger partial charge in [0.15, 0.2) is 0 Å². The SMILES string of the molecule is CCOC(=O)[C@H](NN)c1ccccc1.Cl. The van der Waals surface area contributed by atoms with Crippen LogP contribution in [0.4, 0.5) is 0 Å². The predicted molar refractivity (Wildman–Crippen MR) is 60.4 cm³/mol. The maximum Gasteiger partial charge on any atom is 0.329 e. The van der Waals surface area contributed by atoms with Crippen LogP contribution in [0, 0.1) is 0 Å². The number of ether oxygens (including phenoxy) is 1. The number of hydrazine groups is 1. The Hall–Kier alpha value is -1.10. The summed E-state index contributed by atoms with van der Waals surface area (Å²) in [6.45, 7) is 2.11. The third kappa shape index (κ3) is 3.87. The summed E-state index contributed by atoms with van der Waals surface area (Å²) in [4.78, 5) is 11.4. The zero-order valence-corrected chi connectivity index (χ0v) is 9.29. The molecule has 1 rings (SSSR count). The Morgan fingerprint density at radius 3 is 2.53 bits per heavy atom. The molecule has 0 amide bonds. The third-order valence-corrected chi connectivity index (χ3v) is 1.82. The maximum atomic E-state index is 11.4. The van der Waals surface area contributed by atoms with Crippen molar-refractivity contribution in [2.45, 2.75) is 13.0 Å². The van der Waals surface area contributed by atoms with Crippen molar-refractivity contribution in [2.24, 2.45) is 5.84 Å². The van der Waals surface area contributed by atoms with E-state index in [1.165, 1.54) is 0 Å². The summed E-state index contributed by atoms with van der Waals surface area (Å²) in [6, 6.07) is 8.62.